The zero-order valence-electron chi connectivity index (χ0n) is 9.27. The minimum absolute atomic E-state index is 0.298. The van der Waals surface area contributed by atoms with Crippen LogP contribution in [-0.4, -0.2) is 9.55 Å². The lowest BCUT2D eigenvalue weighted by molar-refractivity contribution is 0.290. The molecule has 4 heteroatoms. The highest BCUT2D eigenvalue weighted by Crippen LogP contribution is 2.13. The van der Waals surface area contributed by atoms with Gasteiger partial charge in [-0.25, -0.2) is 9.37 Å². The first-order valence-electron chi connectivity index (χ1n) is 5.02. The van der Waals surface area contributed by atoms with E-state index in [1.807, 2.05) is 18.5 Å². The second-order valence-electron chi connectivity index (χ2n) is 3.62. The van der Waals surface area contributed by atoms with Crippen LogP contribution in [0.15, 0.2) is 30.5 Å². The average molecular weight is 220 g/mol. The topological polar surface area (TPSA) is 27.1 Å². The van der Waals surface area contributed by atoms with Gasteiger partial charge in [0.05, 0.1) is 0 Å². The van der Waals surface area contributed by atoms with Crippen LogP contribution < -0.4 is 4.74 Å². The van der Waals surface area contributed by atoms with Crippen molar-refractivity contribution in [1.82, 2.24) is 9.55 Å². The summed E-state index contributed by atoms with van der Waals surface area (Å²) in [6, 6.07) is 6.08. The normalized spacial score (nSPS) is 10.4. The zero-order chi connectivity index (χ0) is 11.5. The molecule has 0 unspecified atom stereocenters. The molecule has 16 heavy (non-hydrogen) atoms. The molecular weight excluding hydrogens is 207 g/mol. The Labute approximate surface area is 93.5 Å². The van der Waals surface area contributed by atoms with Crippen molar-refractivity contribution in [2.24, 2.45) is 7.05 Å². The van der Waals surface area contributed by atoms with Crippen molar-refractivity contribution in [2.75, 3.05) is 0 Å². The first kappa shape index (κ1) is 10.7. The Balaban J connectivity index is 2.05. The van der Waals surface area contributed by atoms with Gasteiger partial charge in [0.1, 0.15) is 24.0 Å². The number of imidazole rings is 1. The van der Waals surface area contributed by atoms with Crippen LogP contribution in [0.3, 0.4) is 0 Å². The molecule has 0 radical (unpaired) electrons. The van der Waals surface area contributed by atoms with E-state index in [1.54, 1.807) is 18.3 Å². The standard InChI is InChI=1S/C12H13FN2O/c1-9-7-14-12(15(9)2)8-16-11-5-3-4-10(13)6-11/h3-7H,8H2,1-2H3. The van der Waals surface area contributed by atoms with Crippen LogP contribution in [0.25, 0.3) is 0 Å². The number of hydrogen-bond donors (Lipinski definition) is 0. The highest BCUT2D eigenvalue weighted by atomic mass is 19.1. The maximum Gasteiger partial charge on any atom is 0.146 e. The summed E-state index contributed by atoms with van der Waals surface area (Å²) in [4.78, 5) is 4.20. The van der Waals surface area contributed by atoms with Crippen LogP contribution in [0, 0.1) is 12.7 Å². The fourth-order valence-electron chi connectivity index (χ4n) is 1.38. The second kappa shape index (κ2) is 4.35. The molecule has 0 N–H and O–H groups in total. The number of aromatic nitrogens is 2. The maximum atomic E-state index is 12.9. The molecule has 1 heterocycles. The van der Waals surface area contributed by atoms with Crippen LogP contribution in [0.1, 0.15) is 11.5 Å². The number of hydrogen-bond acceptors (Lipinski definition) is 2. The van der Waals surface area contributed by atoms with E-state index in [2.05, 4.69) is 4.98 Å². The van der Waals surface area contributed by atoms with Crippen LogP contribution >= 0.6 is 0 Å². The van der Waals surface area contributed by atoms with Crippen molar-refractivity contribution >= 4 is 0 Å². The number of nitrogens with zero attached hydrogens (tertiary/aromatic N) is 2. The number of ether oxygens (including phenoxy) is 1. The average Bonchev–Trinajstić information content (AvgIpc) is 2.57. The molecule has 84 valence electrons. The van der Waals surface area contributed by atoms with Gasteiger partial charge in [0.25, 0.3) is 0 Å². The molecule has 0 aliphatic rings. The quantitative estimate of drug-likeness (QED) is 0.794. The molecule has 0 aliphatic carbocycles. The third-order valence-corrected chi connectivity index (χ3v) is 2.48. The molecule has 0 aliphatic heterocycles. The van der Waals surface area contributed by atoms with Crippen LogP contribution in [0.5, 0.6) is 5.75 Å². The molecule has 0 spiro atoms. The van der Waals surface area contributed by atoms with Crippen molar-refractivity contribution in [2.45, 2.75) is 13.5 Å². The zero-order valence-corrected chi connectivity index (χ0v) is 9.27. The lowest BCUT2D eigenvalue weighted by Gasteiger charge is -2.06. The van der Waals surface area contributed by atoms with Crippen molar-refractivity contribution in [3.8, 4) is 5.75 Å². The lowest BCUT2D eigenvalue weighted by Crippen LogP contribution is -2.04. The Bertz CT molecular complexity index is 494. The molecule has 2 aromatic rings. The van der Waals surface area contributed by atoms with Gasteiger partial charge in [-0.3, -0.25) is 0 Å². The van der Waals surface area contributed by atoms with Crippen LogP contribution in [-0.2, 0) is 13.7 Å². The van der Waals surface area contributed by atoms with Crippen molar-refractivity contribution < 1.29 is 9.13 Å². The molecule has 0 atom stereocenters. The minimum atomic E-state index is -0.298. The van der Waals surface area contributed by atoms with Crippen LogP contribution in [0.2, 0.25) is 0 Å². The molecular formula is C12H13FN2O. The SMILES string of the molecule is Cc1cnc(COc2cccc(F)c2)n1C. The van der Waals surface area contributed by atoms with Crippen molar-refractivity contribution in [3.05, 3.63) is 47.8 Å². The molecule has 1 aromatic carbocycles. The number of rotatable bonds is 3. The van der Waals surface area contributed by atoms with Gasteiger partial charge in [0.15, 0.2) is 0 Å². The molecule has 3 nitrogen and oxygen atoms in total. The molecule has 1 aromatic heterocycles. The molecule has 0 saturated carbocycles. The highest BCUT2D eigenvalue weighted by molar-refractivity contribution is 5.22. The Kier molecular flexibility index (Phi) is 2.90. The monoisotopic (exact) mass is 220 g/mol. The highest BCUT2D eigenvalue weighted by Gasteiger charge is 2.04. The fraction of sp³-hybridized carbons (Fsp3) is 0.250. The molecule has 0 bridgehead atoms. The maximum absolute atomic E-state index is 12.9. The first-order chi connectivity index (χ1) is 7.66. The third kappa shape index (κ3) is 2.21. The van der Waals surface area contributed by atoms with E-state index in [-0.39, 0.29) is 5.82 Å². The minimum Gasteiger partial charge on any atom is -0.486 e. The Morgan fingerprint density at radius 3 is 2.88 bits per heavy atom. The lowest BCUT2D eigenvalue weighted by atomic mass is 10.3. The van der Waals surface area contributed by atoms with Gasteiger partial charge in [-0.1, -0.05) is 6.07 Å². The molecule has 2 rings (SSSR count). The summed E-state index contributed by atoms with van der Waals surface area (Å²) in [6.45, 7) is 2.31. The van der Waals surface area contributed by atoms with E-state index >= 15 is 0 Å². The summed E-state index contributed by atoms with van der Waals surface area (Å²) in [7, 11) is 1.92. The predicted molar refractivity (Wildman–Crippen MR) is 58.7 cm³/mol. The van der Waals surface area contributed by atoms with E-state index in [1.165, 1.54) is 12.1 Å². The predicted octanol–water partition coefficient (Wildman–Crippen LogP) is 2.45. The van der Waals surface area contributed by atoms with Gasteiger partial charge < -0.3 is 9.30 Å². The summed E-state index contributed by atoms with van der Waals surface area (Å²) in [5.74, 6) is 1.04. The summed E-state index contributed by atoms with van der Waals surface area (Å²) >= 11 is 0. The molecule has 0 amide bonds. The Morgan fingerprint density at radius 2 is 2.25 bits per heavy atom. The van der Waals surface area contributed by atoms with E-state index in [0.717, 1.165) is 11.5 Å². The smallest absolute Gasteiger partial charge is 0.146 e. The first-order valence-corrected chi connectivity index (χ1v) is 5.02. The largest absolute Gasteiger partial charge is 0.486 e. The van der Waals surface area contributed by atoms with Gasteiger partial charge in [0, 0.05) is 25.0 Å². The van der Waals surface area contributed by atoms with Gasteiger partial charge in [-0.2, -0.15) is 0 Å². The van der Waals surface area contributed by atoms with Gasteiger partial charge in [0.2, 0.25) is 0 Å². The third-order valence-electron chi connectivity index (χ3n) is 2.48. The van der Waals surface area contributed by atoms with Gasteiger partial charge in [-0.05, 0) is 19.1 Å². The summed E-state index contributed by atoms with van der Waals surface area (Å²) in [5.41, 5.74) is 1.07. The summed E-state index contributed by atoms with van der Waals surface area (Å²) in [5, 5.41) is 0. The second-order valence-corrected chi connectivity index (χ2v) is 3.62. The van der Waals surface area contributed by atoms with E-state index in [4.69, 9.17) is 4.74 Å². The fourth-order valence-corrected chi connectivity index (χ4v) is 1.38. The summed E-state index contributed by atoms with van der Waals surface area (Å²) in [6.07, 6.45) is 1.78. The Hall–Kier alpha value is -1.84. The van der Waals surface area contributed by atoms with E-state index in [0.29, 0.717) is 12.4 Å². The number of aryl methyl sites for hydroxylation is 1. The molecule has 0 fully saturated rings. The Morgan fingerprint density at radius 1 is 1.44 bits per heavy atom. The number of benzene rings is 1. The van der Waals surface area contributed by atoms with E-state index < -0.39 is 0 Å². The van der Waals surface area contributed by atoms with Gasteiger partial charge in [-0.15, -0.1) is 0 Å². The van der Waals surface area contributed by atoms with Crippen molar-refractivity contribution in [1.29, 1.82) is 0 Å². The van der Waals surface area contributed by atoms with E-state index in [9.17, 15) is 4.39 Å². The molecule has 0 saturated heterocycles. The number of halogens is 1. The van der Waals surface area contributed by atoms with Gasteiger partial charge >= 0.3 is 0 Å². The van der Waals surface area contributed by atoms with Crippen LogP contribution in [0.4, 0.5) is 4.39 Å². The van der Waals surface area contributed by atoms with Crippen molar-refractivity contribution in [3.63, 3.8) is 0 Å². The summed E-state index contributed by atoms with van der Waals surface area (Å²) < 4.78 is 20.3.